The smallest absolute Gasteiger partial charge is 0.118 e. The van der Waals surface area contributed by atoms with Gasteiger partial charge in [-0.1, -0.05) is 76.2 Å². The van der Waals surface area contributed by atoms with Crippen LogP contribution in [0.3, 0.4) is 0 Å². The van der Waals surface area contributed by atoms with Crippen molar-refractivity contribution in [2.75, 3.05) is 0 Å². The highest BCUT2D eigenvalue weighted by Gasteiger charge is 2.34. The molecule has 0 atom stereocenters. The van der Waals surface area contributed by atoms with Crippen LogP contribution in [0, 0.1) is 0 Å². The van der Waals surface area contributed by atoms with Crippen molar-refractivity contribution in [3.05, 3.63) is 48.6 Å². The third-order valence-electron chi connectivity index (χ3n) is 5.10. The summed E-state index contributed by atoms with van der Waals surface area (Å²) >= 11 is 0. The summed E-state index contributed by atoms with van der Waals surface area (Å²) in [4.78, 5) is 0. The maximum atomic E-state index is 11.1. The number of hydrogen-bond donors (Lipinski definition) is 1. The quantitative estimate of drug-likeness (QED) is 0.547. The minimum atomic E-state index is -1.73. The Morgan fingerprint density at radius 1 is 1.18 bits per heavy atom. The summed E-state index contributed by atoms with van der Waals surface area (Å²) in [5.41, 5.74) is 1.11. The van der Waals surface area contributed by atoms with Crippen molar-refractivity contribution >= 4 is 24.0 Å². The average molecular weight is 313 g/mol. The Morgan fingerprint density at radius 3 is 2.36 bits per heavy atom. The fourth-order valence-corrected chi connectivity index (χ4v) is 7.37. The zero-order valence-corrected chi connectivity index (χ0v) is 15.3. The van der Waals surface area contributed by atoms with Crippen LogP contribution in [-0.4, -0.2) is 13.2 Å². The lowest BCUT2D eigenvalue weighted by molar-refractivity contribution is 0.470. The fraction of sp³-hybridized carbons (Fsp3) is 0.400. The number of phenols is 1. The van der Waals surface area contributed by atoms with Gasteiger partial charge in [0.1, 0.15) is 5.75 Å². The van der Waals surface area contributed by atoms with Crippen LogP contribution in [-0.2, 0) is 0 Å². The summed E-state index contributed by atoms with van der Waals surface area (Å²) in [5, 5.41) is 14.7. The molecule has 2 heteroatoms. The van der Waals surface area contributed by atoms with Crippen LogP contribution in [0.25, 0.3) is 10.8 Å². The molecular formula is C20H28OSi. The van der Waals surface area contributed by atoms with Crippen molar-refractivity contribution in [3.8, 4) is 5.75 Å². The Balaban J connectivity index is 2.84. The van der Waals surface area contributed by atoms with Gasteiger partial charge in [-0.2, -0.15) is 0 Å². The Labute approximate surface area is 135 Å². The van der Waals surface area contributed by atoms with E-state index in [1.807, 2.05) is 6.08 Å². The van der Waals surface area contributed by atoms with Gasteiger partial charge in [-0.25, -0.2) is 0 Å². The molecule has 0 saturated heterocycles. The summed E-state index contributed by atoms with van der Waals surface area (Å²) in [6.07, 6.45) is 2.04. The van der Waals surface area contributed by atoms with E-state index < -0.39 is 8.07 Å². The molecular weight excluding hydrogens is 284 g/mol. The lowest BCUT2D eigenvalue weighted by Crippen LogP contribution is -2.46. The van der Waals surface area contributed by atoms with Crippen molar-refractivity contribution in [2.24, 2.45) is 0 Å². The summed E-state index contributed by atoms with van der Waals surface area (Å²) in [6.45, 7) is 12.8. The SMILES string of the molecule is C=CC[Si](CC)(CC)c1cc2ccccc2c(C(C)C)c1O. The summed E-state index contributed by atoms with van der Waals surface area (Å²) < 4.78 is 0. The molecule has 0 fully saturated rings. The number of benzene rings is 2. The van der Waals surface area contributed by atoms with E-state index in [1.165, 1.54) is 16.0 Å². The third kappa shape index (κ3) is 2.72. The lowest BCUT2D eigenvalue weighted by Gasteiger charge is -2.31. The van der Waals surface area contributed by atoms with Crippen molar-refractivity contribution < 1.29 is 5.11 Å². The second kappa shape index (κ2) is 6.70. The molecule has 0 aliphatic heterocycles. The van der Waals surface area contributed by atoms with E-state index in [9.17, 15) is 5.11 Å². The lowest BCUT2D eigenvalue weighted by atomic mass is 9.95. The van der Waals surface area contributed by atoms with Gasteiger partial charge in [-0.05, 0) is 27.9 Å². The number of phenolic OH excluding ortho intramolecular Hbond substituents is 1. The van der Waals surface area contributed by atoms with Crippen LogP contribution in [0.5, 0.6) is 5.75 Å². The first-order valence-corrected chi connectivity index (χ1v) is 11.0. The van der Waals surface area contributed by atoms with E-state index in [0.29, 0.717) is 11.7 Å². The van der Waals surface area contributed by atoms with Gasteiger partial charge < -0.3 is 5.11 Å². The monoisotopic (exact) mass is 312 g/mol. The molecule has 0 aliphatic rings. The summed E-state index contributed by atoms with van der Waals surface area (Å²) in [6, 6.07) is 14.0. The maximum Gasteiger partial charge on any atom is 0.118 e. The van der Waals surface area contributed by atoms with Gasteiger partial charge >= 0.3 is 0 Å². The first kappa shape index (κ1) is 16.8. The van der Waals surface area contributed by atoms with Gasteiger partial charge in [0.2, 0.25) is 0 Å². The van der Waals surface area contributed by atoms with E-state index >= 15 is 0 Å². The molecule has 0 aromatic heterocycles. The first-order valence-electron chi connectivity index (χ1n) is 8.36. The zero-order chi connectivity index (χ0) is 16.3. The molecule has 22 heavy (non-hydrogen) atoms. The molecule has 1 nitrogen and oxygen atoms in total. The van der Waals surface area contributed by atoms with Gasteiger partial charge in [0, 0.05) is 5.56 Å². The Kier molecular flexibility index (Phi) is 5.12. The highest BCUT2D eigenvalue weighted by molar-refractivity contribution is 6.92. The highest BCUT2D eigenvalue weighted by atomic mass is 28.3. The summed E-state index contributed by atoms with van der Waals surface area (Å²) in [7, 11) is -1.73. The van der Waals surface area contributed by atoms with Gasteiger partial charge in [0.25, 0.3) is 0 Å². The van der Waals surface area contributed by atoms with Crippen LogP contribution >= 0.6 is 0 Å². The molecule has 2 aromatic rings. The largest absolute Gasteiger partial charge is 0.508 e. The minimum Gasteiger partial charge on any atom is -0.508 e. The average Bonchev–Trinajstić information content (AvgIpc) is 2.52. The van der Waals surface area contributed by atoms with Crippen molar-refractivity contribution in [3.63, 3.8) is 0 Å². The van der Waals surface area contributed by atoms with Crippen LogP contribution < -0.4 is 5.19 Å². The van der Waals surface area contributed by atoms with Crippen molar-refractivity contribution in [1.29, 1.82) is 0 Å². The molecule has 0 bridgehead atoms. The van der Waals surface area contributed by atoms with Crippen LogP contribution in [0.2, 0.25) is 18.1 Å². The molecule has 0 unspecified atom stereocenters. The predicted octanol–water partition coefficient (Wildman–Crippen LogP) is 5.55. The molecule has 0 heterocycles. The Bertz CT molecular complexity index is 669. The van der Waals surface area contributed by atoms with E-state index in [2.05, 4.69) is 64.6 Å². The minimum absolute atomic E-state index is 0.314. The topological polar surface area (TPSA) is 20.2 Å². The van der Waals surface area contributed by atoms with E-state index in [0.717, 1.165) is 23.7 Å². The standard InChI is InChI=1S/C20H28OSi/c1-6-13-22(7-2,8-3)18-14-16-11-9-10-12-17(16)19(15(4)5)20(18)21/h6,9-12,14-15,21H,1,7-8,13H2,2-5H3. The van der Waals surface area contributed by atoms with E-state index in [-0.39, 0.29) is 0 Å². The van der Waals surface area contributed by atoms with Gasteiger partial charge in [0.05, 0.1) is 8.07 Å². The van der Waals surface area contributed by atoms with Gasteiger partial charge in [-0.3, -0.25) is 0 Å². The molecule has 0 spiro atoms. The van der Waals surface area contributed by atoms with Crippen molar-refractivity contribution in [1.82, 2.24) is 0 Å². The number of aromatic hydroxyl groups is 1. The first-order chi connectivity index (χ1) is 10.5. The molecule has 0 saturated carbocycles. The van der Waals surface area contributed by atoms with Crippen LogP contribution in [0.1, 0.15) is 39.2 Å². The molecule has 118 valence electrons. The molecule has 2 aromatic carbocycles. The van der Waals surface area contributed by atoms with Gasteiger partial charge in [-0.15, -0.1) is 6.58 Å². The molecule has 2 rings (SSSR count). The van der Waals surface area contributed by atoms with E-state index in [4.69, 9.17) is 0 Å². The van der Waals surface area contributed by atoms with Crippen LogP contribution in [0.4, 0.5) is 0 Å². The number of allylic oxidation sites excluding steroid dienone is 1. The maximum absolute atomic E-state index is 11.1. The Hall–Kier alpha value is -1.54. The molecule has 1 N–H and O–H groups in total. The number of fused-ring (bicyclic) bond motifs is 1. The Morgan fingerprint density at radius 2 is 1.82 bits per heavy atom. The highest BCUT2D eigenvalue weighted by Crippen LogP contribution is 2.35. The molecule has 0 amide bonds. The normalized spacial score (nSPS) is 12.0. The number of rotatable bonds is 6. The second-order valence-corrected chi connectivity index (χ2v) is 11.5. The fourth-order valence-electron chi connectivity index (χ4n) is 3.66. The predicted molar refractivity (Wildman–Crippen MR) is 101 cm³/mol. The van der Waals surface area contributed by atoms with Crippen LogP contribution in [0.15, 0.2) is 43.0 Å². The van der Waals surface area contributed by atoms with E-state index in [1.54, 1.807) is 0 Å². The van der Waals surface area contributed by atoms with Crippen molar-refractivity contribution in [2.45, 2.75) is 51.7 Å². The molecule has 0 radical (unpaired) electrons. The third-order valence-corrected chi connectivity index (χ3v) is 10.4. The summed E-state index contributed by atoms with van der Waals surface area (Å²) in [5.74, 6) is 0.861. The number of hydrogen-bond acceptors (Lipinski definition) is 1. The second-order valence-electron chi connectivity index (χ2n) is 6.54. The zero-order valence-electron chi connectivity index (χ0n) is 14.3. The molecule has 0 aliphatic carbocycles. The van der Waals surface area contributed by atoms with Gasteiger partial charge in [0.15, 0.2) is 0 Å².